The molecule has 0 aliphatic carbocycles. The van der Waals surface area contributed by atoms with E-state index in [1.807, 2.05) is 19.9 Å². The standard InChI is InChI=1S/C9H11O/c1-7-4-8(2)6-9(5-7)10-3/h4-5H,1-3H3. The molecule has 0 atom stereocenters. The Kier molecular flexibility index (Phi) is 1.95. The first kappa shape index (κ1) is 7.13. The number of rotatable bonds is 1. The predicted molar refractivity (Wildman–Crippen MR) is 41.3 cm³/mol. The summed E-state index contributed by atoms with van der Waals surface area (Å²) in [6.45, 7) is 4.05. The molecule has 1 aromatic rings. The third-order valence-corrected chi connectivity index (χ3v) is 1.34. The van der Waals surface area contributed by atoms with E-state index in [0.29, 0.717) is 0 Å². The quantitative estimate of drug-likeness (QED) is 0.573. The number of hydrogen-bond donors (Lipinski definition) is 0. The Labute approximate surface area is 61.6 Å². The molecule has 0 saturated heterocycles. The highest BCUT2D eigenvalue weighted by Gasteiger charge is 1.93. The second-order valence-corrected chi connectivity index (χ2v) is 2.41. The van der Waals surface area contributed by atoms with E-state index < -0.39 is 0 Å². The van der Waals surface area contributed by atoms with Crippen LogP contribution in [0.4, 0.5) is 0 Å². The van der Waals surface area contributed by atoms with Gasteiger partial charge in [-0.2, -0.15) is 0 Å². The molecule has 1 nitrogen and oxygen atoms in total. The summed E-state index contributed by atoms with van der Waals surface area (Å²) in [6.07, 6.45) is 0. The molecule has 0 saturated carbocycles. The molecule has 53 valence electrons. The lowest BCUT2D eigenvalue weighted by Crippen LogP contribution is -1.85. The van der Waals surface area contributed by atoms with Crippen LogP contribution in [0.25, 0.3) is 0 Å². The van der Waals surface area contributed by atoms with Crippen molar-refractivity contribution in [1.29, 1.82) is 0 Å². The molecule has 0 aromatic heterocycles. The molecule has 1 aromatic carbocycles. The summed E-state index contributed by atoms with van der Waals surface area (Å²) in [6, 6.07) is 7.11. The van der Waals surface area contributed by atoms with Gasteiger partial charge in [0.25, 0.3) is 0 Å². The Morgan fingerprint density at radius 1 is 1.30 bits per heavy atom. The van der Waals surface area contributed by atoms with Crippen LogP contribution in [0.2, 0.25) is 0 Å². The fourth-order valence-electron chi connectivity index (χ4n) is 0.966. The lowest BCUT2D eigenvalue weighted by Gasteiger charge is -2.00. The van der Waals surface area contributed by atoms with Gasteiger partial charge in [0.1, 0.15) is 5.75 Å². The highest BCUT2D eigenvalue weighted by atomic mass is 16.5. The predicted octanol–water partition coefficient (Wildman–Crippen LogP) is 2.11. The van der Waals surface area contributed by atoms with Crippen molar-refractivity contribution in [2.75, 3.05) is 7.11 Å². The van der Waals surface area contributed by atoms with Crippen molar-refractivity contribution in [2.24, 2.45) is 0 Å². The average Bonchev–Trinajstić information content (AvgIpc) is 1.85. The molecule has 0 spiro atoms. The zero-order chi connectivity index (χ0) is 7.56. The average molecular weight is 135 g/mol. The number of ether oxygens (including phenoxy) is 1. The zero-order valence-electron chi connectivity index (χ0n) is 6.56. The maximum atomic E-state index is 5.02. The maximum absolute atomic E-state index is 5.02. The zero-order valence-corrected chi connectivity index (χ0v) is 6.56. The van der Waals surface area contributed by atoms with E-state index in [1.54, 1.807) is 7.11 Å². The van der Waals surface area contributed by atoms with E-state index in [9.17, 15) is 0 Å². The van der Waals surface area contributed by atoms with Gasteiger partial charge in [-0.15, -0.1) is 0 Å². The molecular weight excluding hydrogens is 124 g/mol. The Bertz CT molecular complexity index is 208. The maximum Gasteiger partial charge on any atom is 0.127 e. The summed E-state index contributed by atoms with van der Waals surface area (Å²) in [5.41, 5.74) is 2.34. The van der Waals surface area contributed by atoms with Crippen LogP contribution >= 0.6 is 0 Å². The highest BCUT2D eigenvalue weighted by Crippen LogP contribution is 2.13. The van der Waals surface area contributed by atoms with Gasteiger partial charge >= 0.3 is 0 Å². The fraction of sp³-hybridized carbons (Fsp3) is 0.333. The molecule has 0 N–H and O–H groups in total. The Balaban J connectivity index is 3.06. The fourth-order valence-corrected chi connectivity index (χ4v) is 0.966. The van der Waals surface area contributed by atoms with E-state index in [0.717, 1.165) is 11.3 Å². The highest BCUT2D eigenvalue weighted by molar-refractivity contribution is 5.31. The normalized spacial score (nSPS) is 9.50. The minimum Gasteiger partial charge on any atom is -0.496 e. The van der Waals surface area contributed by atoms with Gasteiger partial charge in [-0.1, -0.05) is 6.07 Å². The van der Waals surface area contributed by atoms with Crippen molar-refractivity contribution < 1.29 is 4.74 Å². The molecule has 0 bridgehead atoms. The van der Waals surface area contributed by atoms with Crippen LogP contribution in [-0.2, 0) is 0 Å². The van der Waals surface area contributed by atoms with Crippen LogP contribution in [0.5, 0.6) is 5.75 Å². The van der Waals surface area contributed by atoms with Crippen LogP contribution in [-0.4, -0.2) is 7.11 Å². The summed E-state index contributed by atoms with van der Waals surface area (Å²) in [4.78, 5) is 0. The van der Waals surface area contributed by atoms with Gasteiger partial charge in [0.15, 0.2) is 0 Å². The molecule has 0 aliphatic heterocycles. The molecule has 0 heterocycles. The van der Waals surface area contributed by atoms with Crippen LogP contribution in [0.1, 0.15) is 11.1 Å². The first-order chi connectivity index (χ1) is 4.72. The van der Waals surface area contributed by atoms with E-state index in [1.165, 1.54) is 5.56 Å². The van der Waals surface area contributed by atoms with Crippen molar-refractivity contribution in [3.63, 3.8) is 0 Å². The first-order valence-electron chi connectivity index (χ1n) is 3.27. The number of hydrogen-bond acceptors (Lipinski definition) is 1. The molecule has 1 radical (unpaired) electrons. The molecule has 0 fully saturated rings. The number of benzene rings is 1. The largest absolute Gasteiger partial charge is 0.496 e. The lowest BCUT2D eigenvalue weighted by molar-refractivity contribution is 0.413. The molecule has 1 heteroatoms. The van der Waals surface area contributed by atoms with Crippen LogP contribution in [0, 0.1) is 19.9 Å². The van der Waals surface area contributed by atoms with Gasteiger partial charge in [0.05, 0.1) is 7.11 Å². The summed E-state index contributed by atoms with van der Waals surface area (Å²) in [5, 5.41) is 0. The third kappa shape index (κ3) is 1.50. The summed E-state index contributed by atoms with van der Waals surface area (Å²) in [5.74, 6) is 0.817. The molecule has 1 rings (SSSR count). The second-order valence-electron chi connectivity index (χ2n) is 2.41. The topological polar surface area (TPSA) is 9.23 Å². The SMILES string of the molecule is COc1[c]c(C)cc(C)c1. The van der Waals surface area contributed by atoms with Crippen molar-refractivity contribution in [3.8, 4) is 5.75 Å². The minimum absolute atomic E-state index is 0.817. The van der Waals surface area contributed by atoms with E-state index in [-0.39, 0.29) is 0 Å². The number of aryl methyl sites for hydroxylation is 2. The summed E-state index contributed by atoms with van der Waals surface area (Å²) < 4.78 is 5.02. The molecule has 0 unspecified atom stereocenters. The Hall–Kier alpha value is -0.980. The van der Waals surface area contributed by atoms with E-state index >= 15 is 0 Å². The Morgan fingerprint density at radius 3 is 2.50 bits per heavy atom. The van der Waals surface area contributed by atoms with Crippen LogP contribution in [0.3, 0.4) is 0 Å². The number of methoxy groups -OCH3 is 1. The molecule has 0 amide bonds. The van der Waals surface area contributed by atoms with E-state index in [2.05, 4.69) is 12.1 Å². The van der Waals surface area contributed by atoms with Crippen molar-refractivity contribution in [3.05, 3.63) is 29.3 Å². The van der Waals surface area contributed by atoms with Gasteiger partial charge in [-0.25, -0.2) is 0 Å². The molecule has 10 heavy (non-hydrogen) atoms. The lowest BCUT2D eigenvalue weighted by atomic mass is 10.1. The van der Waals surface area contributed by atoms with Crippen molar-refractivity contribution in [2.45, 2.75) is 13.8 Å². The van der Waals surface area contributed by atoms with Crippen LogP contribution in [0.15, 0.2) is 12.1 Å². The smallest absolute Gasteiger partial charge is 0.127 e. The molecule has 0 aliphatic rings. The van der Waals surface area contributed by atoms with Gasteiger partial charge in [0.2, 0.25) is 0 Å². The van der Waals surface area contributed by atoms with Gasteiger partial charge in [-0.3, -0.25) is 0 Å². The minimum atomic E-state index is 0.817. The van der Waals surface area contributed by atoms with Gasteiger partial charge in [0, 0.05) is 6.07 Å². The summed E-state index contributed by atoms with van der Waals surface area (Å²) in [7, 11) is 1.66. The Morgan fingerprint density at radius 2 is 2.00 bits per heavy atom. The van der Waals surface area contributed by atoms with Crippen LogP contribution < -0.4 is 4.74 Å². The second kappa shape index (κ2) is 2.74. The van der Waals surface area contributed by atoms with Crippen molar-refractivity contribution >= 4 is 0 Å². The van der Waals surface area contributed by atoms with Gasteiger partial charge < -0.3 is 4.74 Å². The summed E-state index contributed by atoms with van der Waals surface area (Å²) >= 11 is 0. The monoisotopic (exact) mass is 135 g/mol. The van der Waals surface area contributed by atoms with Gasteiger partial charge in [-0.05, 0) is 31.0 Å². The third-order valence-electron chi connectivity index (χ3n) is 1.34. The molecular formula is C9H11O. The van der Waals surface area contributed by atoms with Crippen molar-refractivity contribution in [1.82, 2.24) is 0 Å². The van der Waals surface area contributed by atoms with E-state index in [4.69, 9.17) is 4.74 Å². The first-order valence-corrected chi connectivity index (χ1v) is 3.27.